The molecule has 0 saturated carbocycles. The summed E-state index contributed by atoms with van der Waals surface area (Å²) >= 11 is 0. The Hall–Kier alpha value is -4.84. The number of hydrogen-bond acceptors (Lipinski definition) is 8. The van der Waals surface area contributed by atoms with Crippen molar-refractivity contribution in [2.45, 2.75) is 25.8 Å². The van der Waals surface area contributed by atoms with E-state index in [1.165, 1.54) is 17.7 Å². The van der Waals surface area contributed by atoms with Crippen LogP contribution in [-0.4, -0.2) is 57.4 Å². The van der Waals surface area contributed by atoms with Gasteiger partial charge in [0.25, 0.3) is 0 Å². The average Bonchev–Trinajstić information content (AvgIpc) is 3.67. The summed E-state index contributed by atoms with van der Waals surface area (Å²) in [4.78, 5) is 19.0. The van der Waals surface area contributed by atoms with E-state index >= 15 is 0 Å². The van der Waals surface area contributed by atoms with Gasteiger partial charge in [-0.25, -0.2) is 4.98 Å². The third-order valence-electron chi connectivity index (χ3n) is 7.89. The number of imidazole rings is 1. The highest BCUT2D eigenvalue weighted by Gasteiger charge is 2.30. The van der Waals surface area contributed by atoms with Crippen molar-refractivity contribution < 1.29 is 22.6 Å². The van der Waals surface area contributed by atoms with E-state index in [1.807, 2.05) is 47.0 Å². The Morgan fingerprint density at radius 1 is 0.773 bits per heavy atom. The molecule has 0 radical (unpaired) electrons. The molecule has 1 N–H and O–H groups in total. The molecule has 2 aliphatic rings. The molecule has 4 heterocycles. The van der Waals surface area contributed by atoms with Crippen LogP contribution in [0.2, 0.25) is 0 Å². The fraction of sp³-hybridized carbons (Fsp3) is 0.281. The van der Waals surface area contributed by atoms with Crippen LogP contribution < -0.4 is 19.7 Å². The van der Waals surface area contributed by atoms with Crippen LogP contribution >= 0.6 is 0 Å². The zero-order valence-electron chi connectivity index (χ0n) is 23.8. The second kappa shape index (κ2) is 11.7. The van der Waals surface area contributed by atoms with Gasteiger partial charge in [0.1, 0.15) is 0 Å². The van der Waals surface area contributed by atoms with E-state index in [9.17, 15) is 13.2 Å². The number of benzene rings is 3. The van der Waals surface area contributed by atoms with Gasteiger partial charge in [-0.2, -0.15) is 23.1 Å². The molecular formula is C32H30F3N7O2. The Bertz CT molecular complexity index is 1750. The zero-order valence-corrected chi connectivity index (χ0v) is 23.8. The van der Waals surface area contributed by atoms with Crippen LogP contribution in [0.3, 0.4) is 0 Å². The van der Waals surface area contributed by atoms with Crippen molar-refractivity contribution in [2.75, 3.05) is 43.2 Å². The molecular weight excluding hydrogens is 571 g/mol. The van der Waals surface area contributed by atoms with Gasteiger partial charge in [0.05, 0.1) is 18.4 Å². The lowest BCUT2D eigenvalue weighted by molar-refractivity contribution is -0.137. The molecule has 12 heteroatoms. The quantitative estimate of drug-likeness (QED) is 0.248. The van der Waals surface area contributed by atoms with Gasteiger partial charge in [-0.3, -0.25) is 4.90 Å². The summed E-state index contributed by atoms with van der Waals surface area (Å²) in [5.74, 6) is 2.76. The average molecular weight is 602 g/mol. The van der Waals surface area contributed by atoms with E-state index in [0.717, 1.165) is 61.9 Å². The number of fused-ring (bicyclic) bond motifs is 2. The van der Waals surface area contributed by atoms with Gasteiger partial charge in [0.2, 0.25) is 12.7 Å². The third-order valence-corrected chi connectivity index (χ3v) is 7.89. The van der Waals surface area contributed by atoms with Crippen LogP contribution in [0.1, 0.15) is 22.3 Å². The predicted octanol–water partition coefficient (Wildman–Crippen LogP) is 5.56. The van der Waals surface area contributed by atoms with E-state index in [4.69, 9.17) is 19.4 Å². The first-order valence-corrected chi connectivity index (χ1v) is 14.4. The summed E-state index contributed by atoms with van der Waals surface area (Å²) in [5.41, 5.74) is 3.54. The number of ether oxygens (including phenoxy) is 2. The lowest BCUT2D eigenvalue weighted by Gasteiger charge is -2.34. The molecule has 44 heavy (non-hydrogen) atoms. The monoisotopic (exact) mass is 601 g/mol. The van der Waals surface area contributed by atoms with Gasteiger partial charge in [0, 0.05) is 39.3 Å². The maximum Gasteiger partial charge on any atom is 0.416 e. The third kappa shape index (κ3) is 5.98. The van der Waals surface area contributed by atoms with Crippen LogP contribution in [0.25, 0.3) is 11.2 Å². The topological polar surface area (TPSA) is 80.6 Å². The number of halogens is 3. The van der Waals surface area contributed by atoms with Crippen LogP contribution in [0, 0.1) is 0 Å². The van der Waals surface area contributed by atoms with Crippen molar-refractivity contribution >= 4 is 22.9 Å². The van der Waals surface area contributed by atoms with Crippen LogP contribution in [0.5, 0.6) is 11.5 Å². The fourth-order valence-corrected chi connectivity index (χ4v) is 5.49. The molecule has 2 aliphatic heterocycles. The number of alkyl halides is 3. The molecule has 226 valence electrons. The number of nitrogens with one attached hydrogen (secondary N) is 1. The molecule has 5 aromatic rings. The largest absolute Gasteiger partial charge is 0.454 e. The second-order valence-corrected chi connectivity index (χ2v) is 10.9. The Kier molecular flexibility index (Phi) is 7.42. The van der Waals surface area contributed by atoms with E-state index < -0.39 is 11.7 Å². The number of aromatic nitrogens is 4. The molecule has 7 rings (SSSR count). The van der Waals surface area contributed by atoms with E-state index in [-0.39, 0.29) is 6.79 Å². The molecule has 0 bridgehead atoms. The van der Waals surface area contributed by atoms with E-state index in [0.29, 0.717) is 41.6 Å². The minimum atomic E-state index is -4.38. The first-order valence-electron chi connectivity index (χ1n) is 14.4. The Balaban J connectivity index is 1.12. The number of piperazine rings is 1. The summed E-state index contributed by atoms with van der Waals surface area (Å²) in [6.07, 6.45) is -2.71. The van der Waals surface area contributed by atoms with Crippen molar-refractivity contribution in [3.8, 4) is 11.5 Å². The highest BCUT2D eigenvalue weighted by atomic mass is 19.4. The van der Waals surface area contributed by atoms with Crippen LogP contribution in [-0.2, 0) is 25.8 Å². The lowest BCUT2D eigenvalue weighted by atomic mass is 10.1. The van der Waals surface area contributed by atoms with Gasteiger partial charge >= 0.3 is 6.18 Å². The lowest BCUT2D eigenvalue weighted by Crippen LogP contribution is -2.46. The summed E-state index contributed by atoms with van der Waals surface area (Å²) < 4.78 is 52.1. The molecule has 9 nitrogen and oxygen atoms in total. The maximum absolute atomic E-state index is 13.1. The summed E-state index contributed by atoms with van der Waals surface area (Å²) in [6.45, 7) is 5.07. The molecule has 0 amide bonds. The summed E-state index contributed by atoms with van der Waals surface area (Å²) in [5, 5.41) is 3.44. The molecule has 0 aliphatic carbocycles. The van der Waals surface area contributed by atoms with Gasteiger partial charge in [0.15, 0.2) is 28.5 Å². The Labute approximate surface area is 251 Å². The molecule has 1 saturated heterocycles. The standard InChI is InChI=1S/C32H30F3N7O2/c33-32(34,35)25-9-6-23(7-10-25)19-42-20-37-28-29(36-17-22-4-2-1-3-5-22)38-31(39-30(28)42)41-14-12-40(13-15-41)18-24-8-11-26-27(16-24)44-21-43-26/h1-11,16,20H,12-15,17-19,21H2,(H,36,38,39). The van der Waals surface area contributed by atoms with Gasteiger partial charge in [-0.05, 0) is 41.0 Å². The molecule has 0 spiro atoms. The number of rotatable bonds is 8. The smallest absolute Gasteiger partial charge is 0.416 e. The van der Waals surface area contributed by atoms with Crippen molar-refractivity contribution in [2.24, 2.45) is 0 Å². The highest BCUT2D eigenvalue weighted by Crippen LogP contribution is 2.33. The van der Waals surface area contributed by atoms with Crippen molar-refractivity contribution in [1.29, 1.82) is 0 Å². The molecule has 1 fully saturated rings. The number of anilines is 2. The molecule has 0 atom stereocenters. The van der Waals surface area contributed by atoms with Gasteiger partial charge < -0.3 is 24.3 Å². The first-order chi connectivity index (χ1) is 21.4. The molecule has 0 unspecified atom stereocenters. The zero-order chi connectivity index (χ0) is 30.1. The fourth-order valence-electron chi connectivity index (χ4n) is 5.49. The normalized spacial score (nSPS) is 15.2. The predicted molar refractivity (Wildman–Crippen MR) is 160 cm³/mol. The second-order valence-electron chi connectivity index (χ2n) is 10.9. The molecule has 2 aromatic heterocycles. The minimum absolute atomic E-state index is 0.257. The Morgan fingerprint density at radius 3 is 2.30 bits per heavy atom. The van der Waals surface area contributed by atoms with Gasteiger partial charge in [-0.15, -0.1) is 0 Å². The molecule has 3 aromatic carbocycles. The van der Waals surface area contributed by atoms with E-state index in [2.05, 4.69) is 26.2 Å². The van der Waals surface area contributed by atoms with Crippen molar-refractivity contribution in [3.05, 3.63) is 101 Å². The highest BCUT2D eigenvalue weighted by molar-refractivity contribution is 5.84. The Morgan fingerprint density at radius 2 is 1.52 bits per heavy atom. The number of hydrogen-bond donors (Lipinski definition) is 1. The summed E-state index contributed by atoms with van der Waals surface area (Å²) in [6, 6.07) is 21.3. The first kappa shape index (κ1) is 28.0. The van der Waals surface area contributed by atoms with Crippen LogP contribution in [0.15, 0.2) is 79.1 Å². The van der Waals surface area contributed by atoms with Crippen LogP contribution in [0.4, 0.5) is 24.9 Å². The maximum atomic E-state index is 13.1. The minimum Gasteiger partial charge on any atom is -0.454 e. The number of nitrogens with zero attached hydrogens (tertiary/aromatic N) is 6. The van der Waals surface area contributed by atoms with Crippen molar-refractivity contribution in [1.82, 2.24) is 24.4 Å². The SMILES string of the molecule is FC(F)(F)c1ccc(Cn2cnc3c(NCc4ccccc4)nc(N4CCN(Cc5ccc6c(c5)OCO6)CC4)nc32)cc1. The summed E-state index contributed by atoms with van der Waals surface area (Å²) in [7, 11) is 0. The van der Waals surface area contributed by atoms with Crippen molar-refractivity contribution in [3.63, 3.8) is 0 Å². The van der Waals surface area contributed by atoms with E-state index in [1.54, 1.807) is 6.33 Å². The van der Waals surface area contributed by atoms with Gasteiger partial charge in [-0.1, -0.05) is 48.5 Å².